The number of benzene rings is 1. The molecule has 0 atom stereocenters. The molecule has 0 aliphatic carbocycles. The molecule has 0 radical (unpaired) electrons. The molecule has 0 aromatic heterocycles. The summed E-state index contributed by atoms with van der Waals surface area (Å²) in [5.41, 5.74) is -0.155. The standard InChI is InChI=1S/C9H10BrNO5/c1-14-5-16-8-4-6(15-2)3-7(10)9(8)11(12)13/h3-4H,5H2,1-2H3. The second-order valence-electron chi connectivity index (χ2n) is 2.76. The Morgan fingerprint density at radius 1 is 1.44 bits per heavy atom. The van der Waals surface area contributed by atoms with E-state index in [4.69, 9.17) is 14.2 Å². The Morgan fingerprint density at radius 3 is 2.62 bits per heavy atom. The lowest BCUT2D eigenvalue weighted by Gasteiger charge is -2.08. The number of hydrogen-bond acceptors (Lipinski definition) is 5. The molecule has 0 saturated heterocycles. The average Bonchev–Trinajstić information content (AvgIpc) is 2.24. The number of methoxy groups -OCH3 is 2. The van der Waals surface area contributed by atoms with Gasteiger partial charge in [0.1, 0.15) is 10.2 Å². The van der Waals surface area contributed by atoms with Gasteiger partial charge in [0.25, 0.3) is 0 Å². The Morgan fingerprint density at radius 2 is 2.12 bits per heavy atom. The van der Waals surface area contributed by atoms with Gasteiger partial charge >= 0.3 is 5.69 Å². The topological polar surface area (TPSA) is 70.8 Å². The van der Waals surface area contributed by atoms with Crippen LogP contribution in [-0.2, 0) is 4.74 Å². The number of halogens is 1. The Hall–Kier alpha value is -1.34. The van der Waals surface area contributed by atoms with Crippen molar-refractivity contribution in [1.82, 2.24) is 0 Å². The molecule has 16 heavy (non-hydrogen) atoms. The first-order chi connectivity index (χ1) is 7.60. The molecule has 6 nitrogen and oxygen atoms in total. The molecule has 1 aromatic rings. The van der Waals surface area contributed by atoms with E-state index in [1.54, 1.807) is 0 Å². The summed E-state index contributed by atoms with van der Waals surface area (Å²) in [7, 11) is 2.90. The molecule has 0 unspecified atom stereocenters. The van der Waals surface area contributed by atoms with Crippen LogP contribution in [0.2, 0.25) is 0 Å². The van der Waals surface area contributed by atoms with E-state index < -0.39 is 4.92 Å². The molecule has 1 rings (SSSR count). The zero-order valence-electron chi connectivity index (χ0n) is 8.73. The zero-order chi connectivity index (χ0) is 12.1. The molecule has 0 spiro atoms. The second kappa shape index (κ2) is 5.66. The number of nitro groups is 1. The summed E-state index contributed by atoms with van der Waals surface area (Å²) in [6.07, 6.45) is 0. The van der Waals surface area contributed by atoms with Gasteiger partial charge in [0.2, 0.25) is 5.75 Å². The Labute approximate surface area is 100 Å². The lowest BCUT2D eigenvalue weighted by Crippen LogP contribution is -2.03. The summed E-state index contributed by atoms with van der Waals surface area (Å²) in [5.74, 6) is 0.557. The molecule has 1 aromatic carbocycles. The maximum atomic E-state index is 10.8. The van der Waals surface area contributed by atoms with E-state index in [1.807, 2.05) is 0 Å². The van der Waals surface area contributed by atoms with Crippen molar-refractivity contribution in [2.24, 2.45) is 0 Å². The molecule has 0 bridgehead atoms. The third-order valence-corrected chi connectivity index (χ3v) is 2.36. The van der Waals surface area contributed by atoms with Gasteiger partial charge < -0.3 is 14.2 Å². The first-order valence-electron chi connectivity index (χ1n) is 4.23. The minimum absolute atomic E-state index is 0.0690. The van der Waals surface area contributed by atoms with Crippen LogP contribution in [0.3, 0.4) is 0 Å². The van der Waals surface area contributed by atoms with Crippen LogP contribution in [-0.4, -0.2) is 25.9 Å². The minimum atomic E-state index is -0.533. The van der Waals surface area contributed by atoms with Crippen molar-refractivity contribution in [2.45, 2.75) is 0 Å². The van der Waals surface area contributed by atoms with Crippen molar-refractivity contribution in [1.29, 1.82) is 0 Å². The van der Waals surface area contributed by atoms with E-state index in [0.717, 1.165) is 0 Å². The maximum Gasteiger partial charge on any atom is 0.325 e. The number of nitro benzene ring substituents is 1. The largest absolute Gasteiger partial charge is 0.497 e. The maximum absolute atomic E-state index is 10.8. The highest BCUT2D eigenvalue weighted by Gasteiger charge is 2.21. The minimum Gasteiger partial charge on any atom is -0.497 e. The summed E-state index contributed by atoms with van der Waals surface area (Å²) < 4.78 is 15.1. The predicted octanol–water partition coefficient (Wildman–Crippen LogP) is 2.35. The molecule has 0 aliphatic rings. The third-order valence-electron chi connectivity index (χ3n) is 1.75. The van der Waals surface area contributed by atoms with Crippen LogP contribution in [0.1, 0.15) is 0 Å². The van der Waals surface area contributed by atoms with E-state index in [-0.39, 0.29) is 18.2 Å². The monoisotopic (exact) mass is 291 g/mol. The Kier molecular flexibility index (Phi) is 4.51. The molecule has 0 fully saturated rings. The van der Waals surface area contributed by atoms with Crippen LogP contribution >= 0.6 is 15.9 Å². The van der Waals surface area contributed by atoms with Gasteiger partial charge in [-0.05, 0) is 15.9 Å². The summed E-state index contributed by atoms with van der Waals surface area (Å²) in [6, 6.07) is 2.93. The van der Waals surface area contributed by atoms with Crippen LogP contribution in [0.5, 0.6) is 11.5 Å². The number of ether oxygens (including phenoxy) is 3. The van der Waals surface area contributed by atoms with E-state index in [9.17, 15) is 10.1 Å². The first kappa shape index (κ1) is 12.7. The summed E-state index contributed by atoms with van der Waals surface area (Å²) >= 11 is 3.09. The summed E-state index contributed by atoms with van der Waals surface area (Å²) in [4.78, 5) is 10.3. The van der Waals surface area contributed by atoms with Crippen LogP contribution in [0, 0.1) is 10.1 Å². The average molecular weight is 292 g/mol. The molecule has 7 heteroatoms. The van der Waals surface area contributed by atoms with Crippen molar-refractivity contribution >= 4 is 21.6 Å². The number of rotatable bonds is 5. The number of hydrogen-bond donors (Lipinski definition) is 0. The smallest absolute Gasteiger partial charge is 0.325 e. The molecule has 0 aliphatic heterocycles. The zero-order valence-corrected chi connectivity index (χ0v) is 10.3. The van der Waals surface area contributed by atoms with E-state index in [0.29, 0.717) is 10.2 Å². The Balaban J connectivity index is 3.17. The van der Waals surface area contributed by atoms with Crippen molar-refractivity contribution in [3.8, 4) is 11.5 Å². The van der Waals surface area contributed by atoms with Gasteiger partial charge in [-0.25, -0.2) is 0 Å². The number of nitrogens with zero attached hydrogens (tertiary/aromatic N) is 1. The van der Waals surface area contributed by atoms with E-state index >= 15 is 0 Å². The second-order valence-corrected chi connectivity index (χ2v) is 3.62. The van der Waals surface area contributed by atoms with Gasteiger partial charge in [-0.1, -0.05) is 0 Å². The highest BCUT2D eigenvalue weighted by Crippen LogP contribution is 2.38. The quantitative estimate of drug-likeness (QED) is 0.473. The summed E-state index contributed by atoms with van der Waals surface area (Å²) in [6.45, 7) is -0.0690. The molecule has 0 heterocycles. The molecular weight excluding hydrogens is 282 g/mol. The van der Waals surface area contributed by atoms with Crippen LogP contribution in [0.4, 0.5) is 5.69 Å². The highest BCUT2D eigenvalue weighted by molar-refractivity contribution is 9.10. The fourth-order valence-electron chi connectivity index (χ4n) is 1.08. The van der Waals surface area contributed by atoms with Gasteiger partial charge in [-0.15, -0.1) is 0 Å². The Bertz CT molecular complexity index is 396. The highest BCUT2D eigenvalue weighted by atomic mass is 79.9. The fourth-order valence-corrected chi connectivity index (χ4v) is 1.64. The lowest BCUT2D eigenvalue weighted by atomic mass is 10.3. The molecule has 0 saturated carbocycles. The van der Waals surface area contributed by atoms with Gasteiger partial charge in [0.15, 0.2) is 6.79 Å². The van der Waals surface area contributed by atoms with Gasteiger partial charge in [-0.2, -0.15) is 0 Å². The van der Waals surface area contributed by atoms with Gasteiger partial charge in [-0.3, -0.25) is 10.1 Å². The fraction of sp³-hybridized carbons (Fsp3) is 0.333. The predicted molar refractivity (Wildman–Crippen MR) is 59.9 cm³/mol. The van der Waals surface area contributed by atoms with Crippen LogP contribution in [0.15, 0.2) is 16.6 Å². The molecule has 0 amide bonds. The molecular formula is C9H10BrNO5. The van der Waals surface area contributed by atoms with E-state index in [2.05, 4.69) is 15.9 Å². The van der Waals surface area contributed by atoms with Gasteiger partial charge in [0, 0.05) is 19.2 Å². The van der Waals surface area contributed by atoms with Gasteiger partial charge in [0.05, 0.1) is 12.0 Å². The lowest BCUT2D eigenvalue weighted by molar-refractivity contribution is -0.386. The van der Waals surface area contributed by atoms with Crippen molar-refractivity contribution in [2.75, 3.05) is 21.0 Å². The molecule has 88 valence electrons. The summed E-state index contributed by atoms with van der Waals surface area (Å²) in [5, 5.41) is 10.8. The third kappa shape index (κ3) is 2.83. The normalized spacial score (nSPS) is 9.94. The van der Waals surface area contributed by atoms with Crippen molar-refractivity contribution in [3.63, 3.8) is 0 Å². The van der Waals surface area contributed by atoms with Crippen LogP contribution in [0.25, 0.3) is 0 Å². The van der Waals surface area contributed by atoms with Crippen molar-refractivity contribution in [3.05, 3.63) is 26.7 Å². The van der Waals surface area contributed by atoms with E-state index in [1.165, 1.54) is 26.4 Å². The SMILES string of the molecule is COCOc1cc(OC)cc(Br)c1[N+](=O)[O-]. The van der Waals surface area contributed by atoms with Crippen molar-refractivity contribution < 1.29 is 19.1 Å². The first-order valence-corrected chi connectivity index (χ1v) is 5.03. The van der Waals surface area contributed by atoms with Crippen LogP contribution < -0.4 is 9.47 Å². The molecule has 0 N–H and O–H groups in total.